The van der Waals surface area contributed by atoms with Gasteiger partial charge in [-0.2, -0.15) is 0 Å². The minimum atomic E-state index is -0.0564. The molecule has 2 fully saturated rings. The van der Waals surface area contributed by atoms with E-state index >= 15 is 0 Å². The highest BCUT2D eigenvalue weighted by Gasteiger charge is 2.38. The average Bonchev–Trinajstić information content (AvgIpc) is 2.96. The fourth-order valence-corrected chi connectivity index (χ4v) is 3.48. The third-order valence-corrected chi connectivity index (χ3v) is 4.82. The van der Waals surface area contributed by atoms with Gasteiger partial charge in [-0.1, -0.05) is 0 Å². The van der Waals surface area contributed by atoms with Crippen LogP contribution in [-0.4, -0.2) is 41.6 Å². The second-order valence-corrected chi connectivity index (χ2v) is 6.07. The van der Waals surface area contributed by atoms with E-state index in [1.807, 2.05) is 18.7 Å². The van der Waals surface area contributed by atoms with Gasteiger partial charge in [0.15, 0.2) is 0 Å². The van der Waals surface area contributed by atoms with Crippen LogP contribution in [0.3, 0.4) is 0 Å². The standard InChI is InChI=1S/C15H21N3O2/c1-9-4-13(19)17(3)10(2)14(9)15(20)18-7-11-5-16-6-12(11)8-18/h4,11-12,16H,5-8H2,1-3H3. The summed E-state index contributed by atoms with van der Waals surface area (Å²) < 4.78 is 1.55. The Hall–Kier alpha value is -1.62. The van der Waals surface area contributed by atoms with Gasteiger partial charge in [-0.25, -0.2) is 0 Å². The predicted molar refractivity (Wildman–Crippen MR) is 76.9 cm³/mol. The molecule has 0 aliphatic carbocycles. The first-order valence-electron chi connectivity index (χ1n) is 7.16. The molecule has 2 atom stereocenters. The number of likely N-dealkylation sites (tertiary alicyclic amines) is 1. The molecule has 0 aromatic carbocycles. The molecule has 1 aromatic rings. The van der Waals surface area contributed by atoms with Gasteiger partial charge in [0, 0.05) is 45.0 Å². The number of rotatable bonds is 1. The lowest BCUT2D eigenvalue weighted by atomic mass is 10.0. The molecule has 20 heavy (non-hydrogen) atoms. The van der Waals surface area contributed by atoms with Crippen LogP contribution in [0.1, 0.15) is 21.6 Å². The third kappa shape index (κ3) is 1.97. The highest BCUT2D eigenvalue weighted by Crippen LogP contribution is 2.28. The molecule has 1 N–H and O–H groups in total. The number of hydrogen-bond donors (Lipinski definition) is 1. The molecule has 0 saturated carbocycles. The molecule has 2 unspecified atom stereocenters. The van der Waals surface area contributed by atoms with E-state index in [1.54, 1.807) is 17.7 Å². The Morgan fingerprint density at radius 1 is 1.25 bits per heavy atom. The Bertz CT molecular complexity index is 608. The molecule has 1 aromatic heterocycles. The van der Waals surface area contributed by atoms with Crippen molar-refractivity contribution in [2.24, 2.45) is 18.9 Å². The SMILES string of the molecule is Cc1cc(=O)n(C)c(C)c1C(=O)N1CC2CNCC2C1. The number of amides is 1. The molecule has 2 saturated heterocycles. The number of carbonyl (C=O) groups excluding carboxylic acids is 1. The second kappa shape index (κ2) is 4.74. The van der Waals surface area contributed by atoms with Gasteiger partial charge in [0.25, 0.3) is 11.5 Å². The monoisotopic (exact) mass is 275 g/mol. The normalized spacial score (nSPS) is 25.1. The van der Waals surface area contributed by atoms with Crippen molar-refractivity contribution in [1.29, 1.82) is 0 Å². The Balaban J connectivity index is 1.92. The van der Waals surface area contributed by atoms with Crippen LogP contribution >= 0.6 is 0 Å². The molecule has 2 aliphatic rings. The van der Waals surface area contributed by atoms with E-state index in [1.165, 1.54) is 0 Å². The second-order valence-electron chi connectivity index (χ2n) is 6.07. The van der Waals surface area contributed by atoms with Crippen molar-refractivity contribution in [3.05, 3.63) is 33.2 Å². The Morgan fingerprint density at radius 2 is 1.85 bits per heavy atom. The third-order valence-electron chi connectivity index (χ3n) is 4.82. The zero-order valence-corrected chi connectivity index (χ0v) is 12.3. The largest absolute Gasteiger partial charge is 0.338 e. The Morgan fingerprint density at radius 3 is 2.45 bits per heavy atom. The van der Waals surface area contributed by atoms with Crippen LogP contribution in [0.15, 0.2) is 10.9 Å². The summed E-state index contributed by atoms with van der Waals surface area (Å²) in [5, 5.41) is 3.38. The number of fused-ring (bicyclic) bond motifs is 1. The fraction of sp³-hybridized carbons (Fsp3) is 0.600. The van der Waals surface area contributed by atoms with Crippen LogP contribution in [0.4, 0.5) is 0 Å². The molecule has 3 heterocycles. The summed E-state index contributed by atoms with van der Waals surface area (Å²) in [6.07, 6.45) is 0. The topological polar surface area (TPSA) is 54.3 Å². The molecule has 108 valence electrons. The van der Waals surface area contributed by atoms with E-state index in [4.69, 9.17) is 0 Å². The highest BCUT2D eigenvalue weighted by molar-refractivity contribution is 5.96. The van der Waals surface area contributed by atoms with Crippen LogP contribution in [0.2, 0.25) is 0 Å². The van der Waals surface area contributed by atoms with E-state index in [2.05, 4.69) is 5.32 Å². The smallest absolute Gasteiger partial charge is 0.255 e. The van der Waals surface area contributed by atoms with E-state index in [-0.39, 0.29) is 11.5 Å². The average molecular weight is 275 g/mol. The fourth-order valence-electron chi connectivity index (χ4n) is 3.48. The molecule has 5 nitrogen and oxygen atoms in total. The molecule has 0 radical (unpaired) electrons. The van der Waals surface area contributed by atoms with Crippen LogP contribution in [-0.2, 0) is 7.05 Å². The molecule has 0 bridgehead atoms. The quantitative estimate of drug-likeness (QED) is 0.802. The Labute approximate surface area is 118 Å². The lowest BCUT2D eigenvalue weighted by Gasteiger charge is -2.21. The van der Waals surface area contributed by atoms with Crippen LogP contribution in [0, 0.1) is 25.7 Å². The van der Waals surface area contributed by atoms with Crippen molar-refractivity contribution in [3.8, 4) is 0 Å². The van der Waals surface area contributed by atoms with Crippen LogP contribution in [0.25, 0.3) is 0 Å². The van der Waals surface area contributed by atoms with Crippen LogP contribution in [0.5, 0.6) is 0 Å². The summed E-state index contributed by atoms with van der Waals surface area (Å²) in [5.74, 6) is 1.25. The maximum atomic E-state index is 12.8. The summed E-state index contributed by atoms with van der Waals surface area (Å²) in [7, 11) is 1.72. The van der Waals surface area contributed by atoms with E-state index in [0.717, 1.165) is 37.4 Å². The summed E-state index contributed by atoms with van der Waals surface area (Å²) >= 11 is 0. The van der Waals surface area contributed by atoms with Crippen molar-refractivity contribution in [1.82, 2.24) is 14.8 Å². The van der Waals surface area contributed by atoms with Crippen molar-refractivity contribution in [3.63, 3.8) is 0 Å². The van der Waals surface area contributed by atoms with E-state index in [0.29, 0.717) is 17.4 Å². The first-order chi connectivity index (χ1) is 9.49. The van der Waals surface area contributed by atoms with Crippen molar-refractivity contribution < 1.29 is 4.79 Å². The molecular formula is C15H21N3O2. The van der Waals surface area contributed by atoms with Gasteiger partial charge in [0.2, 0.25) is 0 Å². The summed E-state index contributed by atoms with van der Waals surface area (Å²) in [5.41, 5.74) is 2.18. The zero-order chi connectivity index (χ0) is 14.4. The summed E-state index contributed by atoms with van der Waals surface area (Å²) in [6, 6.07) is 1.55. The van der Waals surface area contributed by atoms with Gasteiger partial charge in [0.1, 0.15) is 0 Å². The highest BCUT2D eigenvalue weighted by atomic mass is 16.2. The lowest BCUT2D eigenvalue weighted by molar-refractivity contribution is 0.0779. The van der Waals surface area contributed by atoms with Gasteiger partial charge in [-0.15, -0.1) is 0 Å². The number of aryl methyl sites for hydroxylation is 1. The number of hydrogen-bond acceptors (Lipinski definition) is 3. The minimum absolute atomic E-state index is 0.0564. The Kier molecular flexibility index (Phi) is 3.17. The first-order valence-corrected chi connectivity index (χ1v) is 7.16. The number of nitrogens with one attached hydrogen (secondary N) is 1. The molecule has 2 aliphatic heterocycles. The summed E-state index contributed by atoms with van der Waals surface area (Å²) in [4.78, 5) is 26.5. The van der Waals surface area contributed by atoms with E-state index in [9.17, 15) is 9.59 Å². The number of nitrogens with zero attached hydrogens (tertiary/aromatic N) is 2. The van der Waals surface area contributed by atoms with Crippen molar-refractivity contribution in [2.45, 2.75) is 13.8 Å². The van der Waals surface area contributed by atoms with Crippen molar-refractivity contribution in [2.75, 3.05) is 26.2 Å². The molecule has 0 spiro atoms. The molecule has 5 heteroatoms. The van der Waals surface area contributed by atoms with Gasteiger partial charge in [-0.3, -0.25) is 9.59 Å². The van der Waals surface area contributed by atoms with Gasteiger partial charge >= 0.3 is 0 Å². The molecular weight excluding hydrogens is 254 g/mol. The van der Waals surface area contributed by atoms with Gasteiger partial charge in [0.05, 0.1) is 5.56 Å². The summed E-state index contributed by atoms with van der Waals surface area (Å²) in [6.45, 7) is 7.38. The van der Waals surface area contributed by atoms with Crippen molar-refractivity contribution >= 4 is 5.91 Å². The zero-order valence-electron chi connectivity index (χ0n) is 12.3. The number of pyridine rings is 1. The number of aromatic nitrogens is 1. The van der Waals surface area contributed by atoms with Crippen LogP contribution < -0.4 is 10.9 Å². The molecule has 3 rings (SSSR count). The van der Waals surface area contributed by atoms with E-state index < -0.39 is 0 Å². The maximum Gasteiger partial charge on any atom is 0.255 e. The predicted octanol–water partition coefficient (Wildman–Crippen LogP) is 0.294. The molecule has 1 amide bonds. The first kappa shape index (κ1) is 13.4. The minimum Gasteiger partial charge on any atom is -0.338 e. The number of carbonyl (C=O) groups is 1. The van der Waals surface area contributed by atoms with Gasteiger partial charge < -0.3 is 14.8 Å². The lowest BCUT2D eigenvalue weighted by Crippen LogP contribution is -2.34. The maximum absolute atomic E-state index is 12.8. The van der Waals surface area contributed by atoms with Gasteiger partial charge in [-0.05, 0) is 31.2 Å².